The van der Waals surface area contributed by atoms with Gasteiger partial charge in [-0.15, -0.1) is 0 Å². The van der Waals surface area contributed by atoms with Crippen LogP contribution in [0.5, 0.6) is 5.75 Å². The minimum absolute atomic E-state index is 0.00277. The molecule has 150 valence electrons. The molecule has 0 aliphatic carbocycles. The van der Waals surface area contributed by atoms with E-state index in [1.54, 1.807) is 0 Å². The van der Waals surface area contributed by atoms with Crippen molar-refractivity contribution >= 4 is 28.5 Å². The summed E-state index contributed by atoms with van der Waals surface area (Å²) in [5, 5.41) is 4.98. The highest BCUT2D eigenvalue weighted by atomic mass is 35.5. The molecule has 2 aromatic carbocycles. The van der Waals surface area contributed by atoms with Crippen molar-refractivity contribution < 1.29 is 9.53 Å². The zero-order valence-electron chi connectivity index (χ0n) is 16.2. The number of ether oxygens (including phenoxy) is 1. The van der Waals surface area contributed by atoms with Gasteiger partial charge in [0.2, 0.25) is 0 Å². The molecular formula is C23H24ClN3O2. The van der Waals surface area contributed by atoms with Crippen LogP contribution in [-0.2, 0) is 13.0 Å². The highest BCUT2D eigenvalue weighted by molar-refractivity contribution is 6.30. The number of aryl methyl sites for hydroxylation is 1. The van der Waals surface area contributed by atoms with Crippen molar-refractivity contribution in [2.24, 2.45) is 0 Å². The van der Waals surface area contributed by atoms with Crippen LogP contribution in [0.2, 0.25) is 5.02 Å². The van der Waals surface area contributed by atoms with Gasteiger partial charge in [-0.05, 0) is 65.8 Å². The molecule has 1 aromatic heterocycles. The van der Waals surface area contributed by atoms with Crippen LogP contribution >= 0.6 is 11.6 Å². The van der Waals surface area contributed by atoms with Gasteiger partial charge < -0.3 is 19.9 Å². The number of aromatic amines is 1. The topological polar surface area (TPSA) is 57.4 Å². The van der Waals surface area contributed by atoms with Gasteiger partial charge in [0, 0.05) is 49.2 Å². The molecule has 6 heteroatoms. The zero-order valence-corrected chi connectivity index (χ0v) is 17.0. The zero-order chi connectivity index (χ0) is 19.8. The van der Waals surface area contributed by atoms with Crippen molar-refractivity contribution in [1.82, 2.24) is 15.2 Å². The number of carbonyl (C=O) groups is 1. The lowest BCUT2D eigenvalue weighted by Crippen LogP contribution is -2.53. The number of benzene rings is 2. The Morgan fingerprint density at radius 1 is 1.14 bits per heavy atom. The number of hydrogen-bond acceptors (Lipinski definition) is 2. The number of halogens is 1. The molecule has 0 radical (unpaired) electrons. The average molecular weight is 410 g/mol. The van der Waals surface area contributed by atoms with Gasteiger partial charge in [-0.2, -0.15) is 0 Å². The summed E-state index contributed by atoms with van der Waals surface area (Å²) >= 11 is 6.10. The normalized spacial score (nSPS) is 17.8. The van der Waals surface area contributed by atoms with Gasteiger partial charge in [0.25, 0.3) is 0 Å². The van der Waals surface area contributed by atoms with Crippen molar-refractivity contribution in [3.8, 4) is 5.75 Å². The predicted octanol–water partition coefficient (Wildman–Crippen LogP) is 4.89. The summed E-state index contributed by atoms with van der Waals surface area (Å²) in [5.74, 6) is 0.943. The number of rotatable bonds is 2. The summed E-state index contributed by atoms with van der Waals surface area (Å²) in [4.78, 5) is 17.7. The molecule has 3 heterocycles. The van der Waals surface area contributed by atoms with E-state index in [4.69, 9.17) is 16.3 Å². The van der Waals surface area contributed by atoms with Crippen LogP contribution in [0.1, 0.15) is 30.4 Å². The van der Waals surface area contributed by atoms with Crippen LogP contribution < -0.4 is 10.1 Å². The minimum atomic E-state index is -0.156. The maximum atomic E-state index is 12.6. The van der Waals surface area contributed by atoms with E-state index < -0.39 is 0 Å². The van der Waals surface area contributed by atoms with Crippen LogP contribution in [0.15, 0.2) is 48.7 Å². The van der Waals surface area contributed by atoms with Crippen molar-refractivity contribution in [1.29, 1.82) is 0 Å². The van der Waals surface area contributed by atoms with E-state index in [-0.39, 0.29) is 11.6 Å². The van der Waals surface area contributed by atoms with Gasteiger partial charge in [-0.25, -0.2) is 4.79 Å². The summed E-state index contributed by atoms with van der Waals surface area (Å²) in [6.07, 6.45) is 5.60. The lowest BCUT2D eigenvalue weighted by Gasteiger charge is -2.44. The molecule has 5 nitrogen and oxygen atoms in total. The first-order valence-corrected chi connectivity index (χ1v) is 10.5. The van der Waals surface area contributed by atoms with E-state index in [1.807, 2.05) is 47.5 Å². The Morgan fingerprint density at radius 2 is 2.00 bits per heavy atom. The van der Waals surface area contributed by atoms with Crippen LogP contribution in [0.3, 0.4) is 0 Å². The average Bonchev–Trinajstić information content (AvgIpc) is 3.21. The Labute approximate surface area is 175 Å². The Hall–Kier alpha value is -2.66. The molecule has 1 fully saturated rings. The molecule has 0 unspecified atom stereocenters. The quantitative estimate of drug-likeness (QED) is 0.633. The number of likely N-dealkylation sites (tertiary alicyclic amines) is 1. The summed E-state index contributed by atoms with van der Waals surface area (Å²) < 4.78 is 6.39. The second-order valence-electron chi connectivity index (χ2n) is 8.08. The monoisotopic (exact) mass is 409 g/mol. The number of carbonyl (C=O) groups excluding carboxylic acids is 1. The molecule has 0 saturated carbocycles. The fraction of sp³-hybridized carbons (Fsp3) is 0.348. The number of nitrogens with one attached hydrogen (secondary N) is 2. The molecule has 1 spiro atoms. The maximum Gasteiger partial charge on any atom is 0.317 e. The SMILES string of the molecule is O=C(NCc1ccc2[nH]ccc2c1)N1CCC2(CCc3cc(Cl)ccc3O2)CC1. The molecule has 0 atom stereocenters. The van der Waals surface area contributed by atoms with Crippen molar-refractivity contribution in [3.63, 3.8) is 0 Å². The lowest BCUT2D eigenvalue weighted by molar-refractivity contribution is -0.00553. The van der Waals surface area contributed by atoms with Crippen molar-refractivity contribution in [2.75, 3.05) is 13.1 Å². The highest BCUT2D eigenvalue weighted by Gasteiger charge is 2.40. The number of fused-ring (bicyclic) bond motifs is 2. The fourth-order valence-corrected chi connectivity index (χ4v) is 4.66. The fourth-order valence-electron chi connectivity index (χ4n) is 4.46. The Kier molecular flexibility index (Phi) is 4.63. The molecule has 2 aliphatic heterocycles. The minimum Gasteiger partial charge on any atom is -0.487 e. The first kappa shape index (κ1) is 18.4. The number of aromatic nitrogens is 1. The van der Waals surface area contributed by atoms with Crippen LogP contribution in [0.4, 0.5) is 4.79 Å². The number of amides is 2. The molecule has 29 heavy (non-hydrogen) atoms. The smallest absolute Gasteiger partial charge is 0.317 e. The van der Waals surface area contributed by atoms with Crippen LogP contribution in [-0.4, -0.2) is 34.6 Å². The second kappa shape index (κ2) is 7.30. The first-order valence-electron chi connectivity index (χ1n) is 10.2. The maximum absolute atomic E-state index is 12.6. The molecule has 2 aliphatic rings. The molecule has 1 saturated heterocycles. The van der Waals surface area contributed by atoms with E-state index in [2.05, 4.69) is 16.4 Å². The number of hydrogen-bond donors (Lipinski definition) is 2. The third kappa shape index (κ3) is 3.67. The Bertz CT molecular complexity index is 1050. The van der Waals surface area contributed by atoms with Gasteiger partial charge in [0.1, 0.15) is 11.4 Å². The van der Waals surface area contributed by atoms with Crippen molar-refractivity contribution in [3.05, 3.63) is 64.8 Å². The molecule has 2 amide bonds. The Balaban J connectivity index is 1.17. The van der Waals surface area contributed by atoms with E-state index in [9.17, 15) is 4.79 Å². The predicted molar refractivity (Wildman–Crippen MR) is 114 cm³/mol. The molecule has 5 rings (SSSR count). The van der Waals surface area contributed by atoms with E-state index in [0.717, 1.165) is 52.9 Å². The largest absolute Gasteiger partial charge is 0.487 e. The third-order valence-corrected chi connectivity index (χ3v) is 6.46. The molecular weight excluding hydrogens is 386 g/mol. The number of piperidine rings is 1. The lowest BCUT2D eigenvalue weighted by atomic mass is 9.83. The summed E-state index contributed by atoms with van der Waals surface area (Å²) in [7, 11) is 0. The van der Waals surface area contributed by atoms with Crippen LogP contribution in [0.25, 0.3) is 10.9 Å². The number of nitrogens with zero attached hydrogens (tertiary/aromatic N) is 1. The molecule has 0 bridgehead atoms. The van der Waals surface area contributed by atoms with Gasteiger partial charge in [0.05, 0.1) is 0 Å². The molecule has 2 N–H and O–H groups in total. The highest BCUT2D eigenvalue weighted by Crippen LogP contribution is 2.40. The van der Waals surface area contributed by atoms with E-state index >= 15 is 0 Å². The van der Waals surface area contributed by atoms with E-state index in [0.29, 0.717) is 19.6 Å². The third-order valence-electron chi connectivity index (χ3n) is 6.22. The molecule has 3 aromatic rings. The Morgan fingerprint density at radius 3 is 2.86 bits per heavy atom. The van der Waals surface area contributed by atoms with Gasteiger partial charge >= 0.3 is 6.03 Å². The van der Waals surface area contributed by atoms with Crippen molar-refractivity contribution in [2.45, 2.75) is 37.8 Å². The second-order valence-corrected chi connectivity index (χ2v) is 8.52. The van der Waals surface area contributed by atoms with Crippen LogP contribution in [0, 0.1) is 0 Å². The van der Waals surface area contributed by atoms with Gasteiger partial charge in [-0.3, -0.25) is 0 Å². The first-order chi connectivity index (χ1) is 14.1. The van der Waals surface area contributed by atoms with Gasteiger partial charge in [-0.1, -0.05) is 17.7 Å². The number of urea groups is 1. The summed E-state index contributed by atoms with van der Waals surface area (Å²) in [5.41, 5.74) is 3.24. The summed E-state index contributed by atoms with van der Waals surface area (Å²) in [6, 6.07) is 14.1. The number of H-pyrrole nitrogens is 1. The standard InChI is InChI=1S/C23H24ClN3O2/c24-19-2-4-21-18(14-19)5-7-23(29-21)8-11-27(12-9-23)22(28)26-15-16-1-3-20-17(13-16)6-10-25-20/h1-4,6,10,13-14,25H,5,7-9,11-12,15H2,(H,26,28). The summed E-state index contributed by atoms with van der Waals surface area (Å²) in [6.45, 7) is 1.96. The van der Waals surface area contributed by atoms with Gasteiger partial charge in [0.15, 0.2) is 0 Å². The van der Waals surface area contributed by atoms with E-state index in [1.165, 1.54) is 5.56 Å².